The molecule has 0 amide bonds. The number of fused-ring (bicyclic) bond motifs is 1. The molecule has 0 aromatic heterocycles. The Morgan fingerprint density at radius 1 is 1.50 bits per heavy atom. The van der Waals surface area contributed by atoms with E-state index in [1.54, 1.807) is 0 Å². The highest BCUT2D eigenvalue weighted by Crippen LogP contribution is 2.29. The Morgan fingerprint density at radius 3 is 3.00 bits per heavy atom. The van der Waals surface area contributed by atoms with Gasteiger partial charge < -0.3 is 5.73 Å². The van der Waals surface area contributed by atoms with E-state index in [2.05, 4.69) is 0 Å². The first-order valence-corrected chi connectivity index (χ1v) is 3.76. The van der Waals surface area contributed by atoms with Gasteiger partial charge in [-0.25, -0.2) is 4.39 Å². The Bertz CT molecular complexity index is 348. The van der Waals surface area contributed by atoms with Crippen molar-refractivity contribution in [1.29, 1.82) is 0 Å². The van der Waals surface area contributed by atoms with Gasteiger partial charge in [-0.1, -0.05) is 0 Å². The molecule has 1 aromatic rings. The minimum absolute atomic E-state index is 0.0116. The van der Waals surface area contributed by atoms with E-state index in [1.807, 2.05) is 0 Å². The number of carbonyl (C=O) groups excluding carboxylic acids is 1. The largest absolute Gasteiger partial charge is 0.324 e. The number of ketones is 1. The van der Waals surface area contributed by atoms with Crippen LogP contribution in [0.15, 0.2) is 18.2 Å². The van der Waals surface area contributed by atoms with Gasteiger partial charge in [0.25, 0.3) is 0 Å². The molecule has 0 heterocycles. The highest BCUT2D eigenvalue weighted by molar-refractivity contribution is 6.01. The maximum atomic E-state index is 12.7. The summed E-state index contributed by atoms with van der Waals surface area (Å²) in [5.74, 6) is -0.323. The van der Waals surface area contributed by atoms with Crippen LogP contribution in [0.4, 0.5) is 4.39 Å². The number of Topliss-reactive ketones (excluding diaryl/α,β-unsaturated/α-hetero) is 1. The summed E-state index contributed by atoms with van der Waals surface area (Å²) in [7, 11) is 0. The van der Waals surface area contributed by atoms with Crippen LogP contribution >= 0.6 is 0 Å². The molecule has 62 valence electrons. The number of benzene rings is 1. The van der Waals surface area contributed by atoms with Crippen molar-refractivity contribution in [2.45, 2.75) is 12.5 Å². The van der Waals surface area contributed by atoms with Crippen molar-refractivity contribution in [3.63, 3.8) is 0 Å². The van der Waals surface area contributed by atoms with Crippen LogP contribution in [0.1, 0.15) is 28.4 Å². The Kier molecular flexibility index (Phi) is 1.48. The Labute approximate surface area is 69.2 Å². The van der Waals surface area contributed by atoms with Crippen LogP contribution in [0.25, 0.3) is 0 Å². The number of hydrogen-bond acceptors (Lipinski definition) is 2. The number of hydrogen-bond donors (Lipinski definition) is 1. The summed E-state index contributed by atoms with van der Waals surface area (Å²) in [5.41, 5.74) is 6.83. The molecule has 0 radical (unpaired) electrons. The average molecular weight is 165 g/mol. The van der Waals surface area contributed by atoms with Crippen molar-refractivity contribution in [1.82, 2.24) is 0 Å². The van der Waals surface area contributed by atoms with Gasteiger partial charge in [-0.3, -0.25) is 4.79 Å². The quantitative estimate of drug-likeness (QED) is 0.631. The predicted octanol–water partition coefficient (Wildman–Crippen LogP) is 1.41. The van der Waals surface area contributed by atoms with Crippen molar-refractivity contribution < 1.29 is 9.18 Å². The van der Waals surface area contributed by atoms with Gasteiger partial charge in [0, 0.05) is 18.0 Å². The fraction of sp³-hybridized carbons (Fsp3) is 0.222. The fourth-order valence-electron chi connectivity index (χ4n) is 1.51. The molecule has 2 rings (SSSR count). The van der Waals surface area contributed by atoms with E-state index in [9.17, 15) is 9.18 Å². The minimum Gasteiger partial charge on any atom is -0.324 e. The van der Waals surface area contributed by atoms with E-state index in [0.717, 1.165) is 0 Å². The van der Waals surface area contributed by atoms with Crippen molar-refractivity contribution in [3.05, 3.63) is 35.1 Å². The summed E-state index contributed by atoms with van der Waals surface area (Å²) in [6, 6.07) is 3.81. The minimum atomic E-state index is -0.334. The first kappa shape index (κ1) is 7.43. The van der Waals surface area contributed by atoms with Crippen LogP contribution < -0.4 is 5.73 Å². The topological polar surface area (TPSA) is 43.1 Å². The van der Waals surface area contributed by atoms with Crippen molar-refractivity contribution in [3.8, 4) is 0 Å². The summed E-state index contributed by atoms with van der Waals surface area (Å²) in [6.07, 6.45) is 0.304. The lowest BCUT2D eigenvalue weighted by Crippen LogP contribution is -2.05. The lowest BCUT2D eigenvalue weighted by atomic mass is 10.1. The number of halogens is 1. The fourth-order valence-corrected chi connectivity index (χ4v) is 1.51. The van der Waals surface area contributed by atoms with Crippen LogP contribution in [-0.2, 0) is 0 Å². The van der Waals surface area contributed by atoms with E-state index >= 15 is 0 Å². The highest BCUT2D eigenvalue weighted by Gasteiger charge is 2.26. The second-order valence-corrected chi connectivity index (χ2v) is 2.97. The molecule has 1 aromatic carbocycles. The average Bonchev–Trinajstić information content (AvgIpc) is 2.28. The Balaban J connectivity index is 2.60. The Morgan fingerprint density at radius 2 is 2.25 bits per heavy atom. The Hall–Kier alpha value is -1.22. The lowest BCUT2D eigenvalue weighted by Gasteiger charge is -2.01. The molecule has 0 saturated heterocycles. The van der Waals surface area contributed by atoms with Crippen LogP contribution in [-0.4, -0.2) is 5.78 Å². The van der Waals surface area contributed by atoms with Crippen LogP contribution in [0.5, 0.6) is 0 Å². The van der Waals surface area contributed by atoms with Crippen LogP contribution in [0.3, 0.4) is 0 Å². The van der Waals surface area contributed by atoms with Crippen LogP contribution in [0, 0.1) is 5.82 Å². The molecule has 2 nitrogen and oxygen atoms in total. The lowest BCUT2D eigenvalue weighted by molar-refractivity contribution is 0.0989. The molecular weight excluding hydrogens is 157 g/mol. The normalized spacial score (nSPS) is 21.2. The summed E-state index contributed by atoms with van der Waals surface area (Å²) < 4.78 is 12.7. The van der Waals surface area contributed by atoms with E-state index in [-0.39, 0.29) is 17.6 Å². The van der Waals surface area contributed by atoms with Gasteiger partial charge in [-0.05, 0) is 23.8 Å². The summed E-state index contributed by atoms with van der Waals surface area (Å²) in [6.45, 7) is 0. The van der Waals surface area contributed by atoms with Gasteiger partial charge in [0.05, 0.1) is 0 Å². The van der Waals surface area contributed by atoms with E-state index < -0.39 is 0 Å². The number of nitrogens with two attached hydrogens (primary N) is 1. The molecule has 0 spiro atoms. The van der Waals surface area contributed by atoms with Gasteiger partial charge in [0.2, 0.25) is 0 Å². The second kappa shape index (κ2) is 2.38. The smallest absolute Gasteiger partial charge is 0.165 e. The first-order chi connectivity index (χ1) is 5.68. The third-order valence-corrected chi connectivity index (χ3v) is 2.12. The third kappa shape index (κ3) is 0.940. The molecule has 3 heteroatoms. The van der Waals surface area contributed by atoms with Crippen molar-refractivity contribution in [2.24, 2.45) is 5.73 Å². The molecular formula is C9H8FNO. The van der Waals surface area contributed by atoms with Crippen molar-refractivity contribution in [2.75, 3.05) is 0 Å². The molecule has 1 aliphatic carbocycles. The zero-order valence-corrected chi connectivity index (χ0v) is 6.38. The zero-order valence-electron chi connectivity index (χ0n) is 6.38. The molecule has 0 unspecified atom stereocenters. The number of rotatable bonds is 0. The summed E-state index contributed by atoms with van der Waals surface area (Å²) >= 11 is 0. The molecule has 1 atom stereocenters. The van der Waals surface area contributed by atoms with E-state index in [0.29, 0.717) is 17.5 Å². The maximum Gasteiger partial charge on any atom is 0.165 e. The highest BCUT2D eigenvalue weighted by atomic mass is 19.1. The molecule has 2 N–H and O–H groups in total. The molecule has 0 saturated carbocycles. The van der Waals surface area contributed by atoms with Crippen LogP contribution in [0.2, 0.25) is 0 Å². The SMILES string of the molecule is N[C@@H]1CC(=O)c2ccc(F)cc21. The van der Waals surface area contributed by atoms with Gasteiger partial charge in [-0.15, -0.1) is 0 Å². The molecule has 12 heavy (non-hydrogen) atoms. The molecule has 1 aliphatic rings. The summed E-state index contributed by atoms with van der Waals surface area (Å²) in [4.78, 5) is 11.2. The van der Waals surface area contributed by atoms with E-state index in [4.69, 9.17) is 5.73 Å². The second-order valence-electron chi connectivity index (χ2n) is 2.97. The predicted molar refractivity (Wildman–Crippen MR) is 42.3 cm³/mol. The maximum absolute atomic E-state index is 12.7. The molecule has 0 aliphatic heterocycles. The van der Waals surface area contributed by atoms with Crippen molar-refractivity contribution >= 4 is 5.78 Å². The first-order valence-electron chi connectivity index (χ1n) is 3.76. The van der Waals surface area contributed by atoms with Gasteiger partial charge in [0.1, 0.15) is 5.82 Å². The monoisotopic (exact) mass is 165 g/mol. The van der Waals surface area contributed by atoms with Gasteiger partial charge >= 0.3 is 0 Å². The zero-order chi connectivity index (χ0) is 8.72. The molecule has 0 fully saturated rings. The number of carbonyl (C=O) groups is 1. The summed E-state index contributed by atoms with van der Waals surface area (Å²) in [5, 5.41) is 0. The third-order valence-electron chi connectivity index (χ3n) is 2.12. The molecule has 0 bridgehead atoms. The van der Waals surface area contributed by atoms with Gasteiger partial charge in [-0.2, -0.15) is 0 Å². The standard InChI is InChI=1S/C9H8FNO/c10-5-1-2-6-7(3-5)8(11)4-9(6)12/h1-3,8H,4,11H2/t8-/m1/s1. The van der Waals surface area contributed by atoms with E-state index in [1.165, 1.54) is 18.2 Å². The van der Waals surface area contributed by atoms with Gasteiger partial charge in [0.15, 0.2) is 5.78 Å².